The van der Waals surface area contributed by atoms with Crippen molar-refractivity contribution in [1.29, 1.82) is 0 Å². The predicted molar refractivity (Wildman–Crippen MR) is 96.8 cm³/mol. The zero-order chi connectivity index (χ0) is 17.2. The zero-order valence-electron chi connectivity index (χ0n) is 14.4. The fraction of sp³-hybridized carbons (Fsp3) is 0.350. The van der Waals surface area contributed by atoms with E-state index >= 15 is 0 Å². The molecule has 0 bridgehead atoms. The third-order valence-electron chi connectivity index (χ3n) is 3.50. The van der Waals surface area contributed by atoms with Crippen LogP contribution in [0.1, 0.15) is 31.4 Å². The highest BCUT2D eigenvalue weighted by Gasteiger charge is 2.05. The van der Waals surface area contributed by atoms with Gasteiger partial charge in [0.05, 0.1) is 0 Å². The topological polar surface area (TPSA) is 50.4 Å². The maximum absolute atomic E-state index is 11.6. The lowest BCUT2D eigenvalue weighted by molar-refractivity contribution is -0.121. The SMILES string of the molecule is CC(C)NC(=O)CCNCc1ccccc1OCc1ccccc1. The molecule has 0 saturated heterocycles. The van der Waals surface area contributed by atoms with Crippen LogP contribution in [0.3, 0.4) is 0 Å². The van der Waals surface area contributed by atoms with Crippen molar-refractivity contribution in [2.24, 2.45) is 0 Å². The molecule has 0 atom stereocenters. The van der Waals surface area contributed by atoms with Gasteiger partial charge in [-0.25, -0.2) is 0 Å². The van der Waals surface area contributed by atoms with Gasteiger partial charge in [-0.2, -0.15) is 0 Å². The Labute approximate surface area is 144 Å². The van der Waals surface area contributed by atoms with E-state index in [1.54, 1.807) is 0 Å². The fourth-order valence-electron chi connectivity index (χ4n) is 2.35. The summed E-state index contributed by atoms with van der Waals surface area (Å²) in [7, 11) is 0. The van der Waals surface area contributed by atoms with Gasteiger partial charge in [-0.3, -0.25) is 4.79 Å². The molecule has 0 spiro atoms. The second kappa shape index (κ2) is 9.73. The maximum Gasteiger partial charge on any atom is 0.221 e. The Bertz CT molecular complexity index is 627. The van der Waals surface area contributed by atoms with Gasteiger partial charge in [-0.05, 0) is 25.5 Å². The lowest BCUT2D eigenvalue weighted by atomic mass is 10.2. The number of rotatable bonds is 9. The molecule has 4 heteroatoms. The van der Waals surface area contributed by atoms with E-state index in [9.17, 15) is 4.79 Å². The highest BCUT2D eigenvalue weighted by atomic mass is 16.5. The molecular formula is C20H26N2O2. The molecule has 0 radical (unpaired) electrons. The normalized spacial score (nSPS) is 10.6. The second-order valence-corrected chi connectivity index (χ2v) is 6.03. The predicted octanol–water partition coefficient (Wildman–Crippen LogP) is 3.27. The summed E-state index contributed by atoms with van der Waals surface area (Å²) in [6.45, 7) is 5.80. The Hall–Kier alpha value is -2.33. The lowest BCUT2D eigenvalue weighted by Crippen LogP contribution is -2.32. The van der Waals surface area contributed by atoms with Crippen molar-refractivity contribution < 1.29 is 9.53 Å². The van der Waals surface area contributed by atoms with E-state index < -0.39 is 0 Å². The summed E-state index contributed by atoms with van der Waals surface area (Å²) in [6, 6.07) is 18.3. The van der Waals surface area contributed by atoms with Crippen LogP contribution in [0.25, 0.3) is 0 Å². The van der Waals surface area contributed by atoms with Crippen LogP contribution in [0.2, 0.25) is 0 Å². The summed E-state index contributed by atoms with van der Waals surface area (Å²) in [4.78, 5) is 11.6. The average molecular weight is 326 g/mol. The minimum Gasteiger partial charge on any atom is -0.489 e. The average Bonchev–Trinajstić information content (AvgIpc) is 2.58. The van der Waals surface area contributed by atoms with Crippen LogP contribution in [0.5, 0.6) is 5.75 Å². The van der Waals surface area contributed by atoms with Crippen LogP contribution >= 0.6 is 0 Å². The molecule has 0 heterocycles. The van der Waals surface area contributed by atoms with Gasteiger partial charge < -0.3 is 15.4 Å². The Kier molecular flexibility index (Phi) is 7.30. The van der Waals surface area contributed by atoms with E-state index in [1.807, 2.05) is 68.4 Å². The molecule has 0 unspecified atom stereocenters. The van der Waals surface area contributed by atoms with Gasteiger partial charge in [-0.15, -0.1) is 0 Å². The monoisotopic (exact) mass is 326 g/mol. The standard InChI is InChI=1S/C20H26N2O2/c1-16(2)22-20(23)12-13-21-14-18-10-6-7-11-19(18)24-15-17-8-4-3-5-9-17/h3-11,16,21H,12-15H2,1-2H3,(H,22,23). The van der Waals surface area contributed by atoms with E-state index in [1.165, 1.54) is 0 Å². The number of amides is 1. The Morgan fingerprint density at radius 1 is 1.04 bits per heavy atom. The number of carbonyl (C=O) groups is 1. The molecule has 2 aromatic rings. The van der Waals surface area contributed by atoms with Crippen molar-refractivity contribution in [2.45, 2.75) is 39.5 Å². The first-order valence-corrected chi connectivity index (χ1v) is 8.40. The van der Waals surface area contributed by atoms with Crippen molar-refractivity contribution in [3.8, 4) is 5.75 Å². The zero-order valence-corrected chi connectivity index (χ0v) is 14.4. The molecule has 0 aliphatic heterocycles. The molecule has 2 N–H and O–H groups in total. The number of nitrogens with one attached hydrogen (secondary N) is 2. The molecular weight excluding hydrogens is 300 g/mol. The molecule has 2 rings (SSSR count). The minimum atomic E-state index is 0.0751. The van der Waals surface area contributed by atoms with Crippen molar-refractivity contribution in [3.05, 3.63) is 65.7 Å². The molecule has 24 heavy (non-hydrogen) atoms. The van der Waals surface area contributed by atoms with Crippen molar-refractivity contribution in [2.75, 3.05) is 6.54 Å². The highest BCUT2D eigenvalue weighted by molar-refractivity contribution is 5.76. The van der Waals surface area contributed by atoms with E-state index in [4.69, 9.17) is 4.74 Å². The van der Waals surface area contributed by atoms with Gasteiger partial charge in [0.25, 0.3) is 0 Å². The first-order chi connectivity index (χ1) is 11.6. The largest absolute Gasteiger partial charge is 0.489 e. The number of carbonyl (C=O) groups excluding carboxylic acids is 1. The molecule has 1 amide bonds. The van der Waals surface area contributed by atoms with Crippen LogP contribution in [-0.2, 0) is 17.9 Å². The quantitative estimate of drug-likeness (QED) is 0.695. The molecule has 2 aromatic carbocycles. The first-order valence-electron chi connectivity index (χ1n) is 8.40. The van der Waals surface area contributed by atoms with E-state index in [-0.39, 0.29) is 11.9 Å². The van der Waals surface area contributed by atoms with Gasteiger partial charge in [0, 0.05) is 31.1 Å². The number of hydrogen-bond donors (Lipinski definition) is 2. The third-order valence-corrected chi connectivity index (χ3v) is 3.50. The number of benzene rings is 2. The molecule has 4 nitrogen and oxygen atoms in total. The molecule has 0 aromatic heterocycles. The van der Waals surface area contributed by atoms with Crippen LogP contribution in [0.4, 0.5) is 0 Å². The van der Waals surface area contributed by atoms with Crippen LogP contribution in [0, 0.1) is 0 Å². The Balaban J connectivity index is 1.80. The summed E-state index contributed by atoms with van der Waals surface area (Å²) in [6.07, 6.45) is 0.477. The second-order valence-electron chi connectivity index (χ2n) is 6.03. The summed E-state index contributed by atoms with van der Waals surface area (Å²) in [5.41, 5.74) is 2.24. The molecule has 0 saturated carbocycles. The summed E-state index contributed by atoms with van der Waals surface area (Å²) in [5.74, 6) is 0.951. The molecule has 0 aliphatic carbocycles. The number of ether oxygens (including phenoxy) is 1. The molecule has 0 fully saturated rings. The maximum atomic E-state index is 11.6. The smallest absolute Gasteiger partial charge is 0.221 e. The van der Waals surface area contributed by atoms with Crippen LogP contribution < -0.4 is 15.4 Å². The number of para-hydroxylation sites is 1. The van der Waals surface area contributed by atoms with Crippen molar-refractivity contribution >= 4 is 5.91 Å². The summed E-state index contributed by atoms with van der Waals surface area (Å²) < 4.78 is 5.93. The Morgan fingerprint density at radius 2 is 1.75 bits per heavy atom. The molecule has 0 aliphatic rings. The minimum absolute atomic E-state index is 0.0751. The fourth-order valence-corrected chi connectivity index (χ4v) is 2.35. The molecule has 128 valence electrons. The summed E-state index contributed by atoms with van der Waals surface area (Å²) in [5, 5.41) is 6.19. The van der Waals surface area contributed by atoms with Gasteiger partial charge in [0.15, 0.2) is 0 Å². The van der Waals surface area contributed by atoms with Crippen molar-refractivity contribution in [3.63, 3.8) is 0 Å². The van der Waals surface area contributed by atoms with E-state index in [2.05, 4.69) is 10.6 Å². The highest BCUT2D eigenvalue weighted by Crippen LogP contribution is 2.19. The first kappa shape index (κ1) is 18.0. The van der Waals surface area contributed by atoms with Crippen molar-refractivity contribution in [1.82, 2.24) is 10.6 Å². The Morgan fingerprint density at radius 3 is 2.50 bits per heavy atom. The van der Waals surface area contributed by atoms with Gasteiger partial charge >= 0.3 is 0 Å². The third kappa shape index (κ3) is 6.42. The van der Waals surface area contributed by atoms with E-state index in [0.717, 1.165) is 16.9 Å². The van der Waals surface area contributed by atoms with Crippen LogP contribution in [-0.4, -0.2) is 18.5 Å². The lowest BCUT2D eigenvalue weighted by Gasteiger charge is -2.13. The number of hydrogen-bond acceptors (Lipinski definition) is 3. The van der Waals surface area contributed by atoms with Gasteiger partial charge in [0.1, 0.15) is 12.4 Å². The van der Waals surface area contributed by atoms with Gasteiger partial charge in [-0.1, -0.05) is 48.5 Å². The van der Waals surface area contributed by atoms with Gasteiger partial charge in [0.2, 0.25) is 5.91 Å². The summed E-state index contributed by atoms with van der Waals surface area (Å²) >= 11 is 0. The van der Waals surface area contributed by atoms with E-state index in [0.29, 0.717) is 26.1 Å². The van der Waals surface area contributed by atoms with Crippen LogP contribution in [0.15, 0.2) is 54.6 Å².